The summed E-state index contributed by atoms with van der Waals surface area (Å²) in [6.45, 7) is 0. The quantitative estimate of drug-likeness (QED) is 0.674. The van der Waals surface area contributed by atoms with Crippen LogP contribution in [-0.2, 0) is 5.75 Å². The molecule has 0 saturated heterocycles. The van der Waals surface area contributed by atoms with Gasteiger partial charge in [0.15, 0.2) is 0 Å². The van der Waals surface area contributed by atoms with Crippen molar-refractivity contribution in [1.82, 2.24) is 0 Å². The van der Waals surface area contributed by atoms with Gasteiger partial charge in [-0.2, -0.15) is 0 Å². The highest BCUT2D eigenvalue weighted by Crippen LogP contribution is 2.25. The van der Waals surface area contributed by atoms with E-state index in [4.69, 9.17) is 10.5 Å². The first-order valence-electron chi connectivity index (χ1n) is 5.50. The molecule has 18 heavy (non-hydrogen) atoms. The zero-order valence-corrected chi connectivity index (χ0v) is 10.8. The van der Waals surface area contributed by atoms with E-state index < -0.39 is 0 Å². The normalized spacial score (nSPS) is 10.3. The number of ether oxygens (including phenoxy) is 1. The van der Waals surface area contributed by atoms with Gasteiger partial charge in [-0.1, -0.05) is 6.07 Å². The maximum atomic E-state index is 13.3. The number of rotatable bonds is 4. The summed E-state index contributed by atoms with van der Waals surface area (Å²) >= 11 is 1.64. The zero-order valence-electron chi connectivity index (χ0n) is 10.0. The maximum absolute atomic E-state index is 13.3. The molecule has 2 aromatic carbocycles. The van der Waals surface area contributed by atoms with Crippen LogP contribution in [0, 0.1) is 5.82 Å². The topological polar surface area (TPSA) is 35.2 Å². The van der Waals surface area contributed by atoms with Gasteiger partial charge in [-0.3, -0.25) is 0 Å². The average molecular weight is 263 g/mol. The van der Waals surface area contributed by atoms with Crippen molar-refractivity contribution < 1.29 is 9.13 Å². The molecule has 0 aliphatic heterocycles. The van der Waals surface area contributed by atoms with Crippen LogP contribution in [0.25, 0.3) is 0 Å². The third kappa shape index (κ3) is 3.17. The molecule has 0 amide bonds. The minimum atomic E-state index is -0.358. The smallest absolute Gasteiger partial charge is 0.146 e. The van der Waals surface area contributed by atoms with Gasteiger partial charge in [-0.15, -0.1) is 11.8 Å². The molecule has 2 aromatic rings. The monoisotopic (exact) mass is 263 g/mol. The fourth-order valence-corrected chi connectivity index (χ4v) is 2.34. The van der Waals surface area contributed by atoms with Gasteiger partial charge in [0.05, 0.1) is 12.8 Å². The standard InChI is InChI=1S/C14H14FNOS/c1-17-11-3-5-12(6-4-11)18-9-10-2-7-14(16)13(15)8-10/h2-8H,9,16H2,1H3. The van der Waals surface area contributed by atoms with E-state index in [1.807, 2.05) is 30.3 Å². The van der Waals surface area contributed by atoms with E-state index in [1.54, 1.807) is 24.9 Å². The third-order valence-electron chi connectivity index (χ3n) is 2.53. The van der Waals surface area contributed by atoms with Crippen molar-refractivity contribution in [3.8, 4) is 5.75 Å². The highest BCUT2D eigenvalue weighted by molar-refractivity contribution is 7.98. The molecule has 0 atom stereocenters. The Morgan fingerprint density at radius 2 is 1.89 bits per heavy atom. The van der Waals surface area contributed by atoms with Crippen LogP contribution in [0.1, 0.15) is 5.56 Å². The van der Waals surface area contributed by atoms with E-state index in [0.29, 0.717) is 5.75 Å². The number of hydrogen-bond donors (Lipinski definition) is 1. The van der Waals surface area contributed by atoms with E-state index in [-0.39, 0.29) is 11.5 Å². The molecule has 0 unspecified atom stereocenters. The third-order valence-corrected chi connectivity index (χ3v) is 3.61. The van der Waals surface area contributed by atoms with Gasteiger partial charge in [0, 0.05) is 10.6 Å². The Balaban J connectivity index is 1.99. The predicted molar refractivity (Wildman–Crippen MR) is 73.4 cm³/mol. The summed E-state index contributed by atoms with van der Waals surface area (Å²) in [5.74, 6) is 1.18. The molecule has 2 rings (SSSR count). The number of hydrogen-bond acceptors (Lipinski definition) is 3. The first-order valence-corrected chi connectivity index (χ1v) is 6.48. The summed E-state index contributed by atoms with van der Waals surface area (Å²) in [6.07, 6.45) is 0. The van der Waals surface area contributed by atoms with Crippen molar-refractivity contribution in [3.63, 3.8) is 0 Å². The number of anilines is 1. The lowest BCUT2D eigenvalue weighted by molar-refractivity contribution is 0.414. The predicted octanol–water partition coefficient (Wildman–Crippen LogP) is 3.71. The van der Waals surface area contributed by atoms with Crippen molar-refractivity contribution in [1.29, 1.82) is 0 Å². The summed E-state index contributed by atoms with van der Waals surface area (Å²) in [4.78, 5) is 1.12. The Kier molecular flexibility index (Phi) is 4.10. The Bertz CT molecular complexity index is 528. The van der Waals surface area contributed by atoms with E-state index in [2.05, 4.69) is 0 Å². The summed E-state index contributed by atoms with van der Waals surface area (Å²) in [7, 11) is 1.64. The number of halogens is 1. The van der Waals surface area contributed by atoms with Crippen molar-refractivity contribution >= 4 is 17.4 Å². The molecule has 0 saturated carbocycles. The molecule has 0 aliphatic rings. The highest BCUT2D eigenvalue weighted by Gasteiger charge is 2.01. The van der Waals surface area contributed by atoms with E-state index in [9.17, 15) is 4.39 Å². The minimum absolute atomic E-state index is 0.188. The van der Waals surface area contributed by atoms with Crippen molar-refractivity contribution in [2.45, 2.75) is 10.6 Å². The second-order valence-electron chi connectivity index (χ2n) is 3.82. The van der Waals surface area contributed by atoms with Gasteiger partial charge < -0.3 is 10.5 Å². The number of benzene rings is 2. The van der Waals surface area contributed by atoms with Crippen LogP contribution in [0.3, 0.4) is 0 Å². The van der Waals surface area contributed by atoms with Gasteiger partial charge in [-0.25, -0.2) is 4.39 Å². The highest BCUT2D eigenvalue weighted by atomic mass is 32.2. The summed E-state index contributed by atoms with van der Waals surface area (Å²) < 4.78 is 18.3. The van der Waals surface area contributed by atoms with Gasteiger partial charge in [0.1, 0.15) is 11.6 Å². The lowest BCUT2D eigenvalue weighted by Gasteiger charge is -2.05. The molecular formula is C14H14FNOS. The first-order chi connectivity index (χ1) is 8.69. The Morgan fingerprint density at radius 3 is 2.50 bits per heavy atom. The average Bonchev–Trinajstić information content (AvgIpc) is 2.41. The van der Waals surface area contributed by atoms with Crippen LogP contribution in [-0.4, -0.2) is 7.11 Å². The molecule has 0 bridgehead atoms. The summed E-state index contributed by atoms with van der Waals surface area (Å²) in [6, 6.07) is 12.7. The van der Waals surface area contributed by atoms with Crippen molar-refractivity contribution in [2.75, 3.05) is 12.8 Å². The van der Waals surface area contributed by atoms with Crippen LogP contribution in [0.4, 0.5) is 10.1 Å². The van der Waals surface area contributed by atoms with Crippen LogP contribution in [0.15, 0.2) is 47.4 Å². The van der Waals surface area contributed by atoms with Gasteiger partial charge >= 0.3 is 0 Å². The van der Waals surface area contributed by atoms with Crippen molar-refractivity contribution in [2.24, 2.45) is 0 Å². The molecular weight excluding hydrogens is 249 g/mol. The molecule has 0 aromatic heterocycles. The van der Waals surface area contributed by atoms with Gasteiger partial charge in [0.2, 0.25) is 0 Å². The largest absolute Gasteiger partial charge is 0.497 e. The Labute approximate surface area is 110 Å². The molecule has 0 radical (unpaired) electrons. The fraction of sp³-hybridized carbons (Fsp3) is 0.143. The number of nitrogens with two attached hydrogens (primary N) is 1. The molecule has 4 heteroatoms. The second kappa shape index (κ2) is 5.78. The zero-order chi connectivity index (χ0) is 13.0. The molecule has 0 heterocycles. The Hall–Kier alpha value is -1.68. The lowest BCUT2D eigenvalue weighted by Crippen LogP contribution is -1.91. The first kappa shape index (κ1) is 12.8. The van der Waals surface area contributed by atoms with Crippen LogP contribution in [0.5, 0.6) is 5.75 Å². The van der Waals surface area contributed by atoms with E-state index in [1.165, 1.54) is 6.07 Å². The van der Waals surface area contributed by atoms with Crippen LogP contribution < -0.4 is 10.5 Å². The molecule has 2 N–H and O–H groups in total. The number of thioether (sulfide) groups is 1. The lowest BCUT2D eigenvalue weighted by atomic mass is 10.2. The summed E-state index contributed by atoms with van der Waals surface area (Å²) in [5.41, 5.74) is 6.54. The molecule has 0 spiro atoms. The molecule has 94 valence electrons. The number of methoxy groups -OCH3 is 1. The minimum Gasteiger partial charge on any atom is -0.497 e. The fourth-order valence-electron chi connectivity index (χ4n) is 1.50. The molecule has 0 fully saturated rings. The van der Waals surface area contributed by atoms with Crippen LogP contribution in [0.2, 0.25) is 0 Å². The maximum Gasteiger partial charge on any atom is 0.146 e. The number of nitrogen functional groups attached to an aromatic ring is 1. The van der Waals surface area contributed by atoms with Crippen molar-refractivity contribution in [3.05, 3.63) is 53.8 Å². The molecule has 2 nitrogen and oxygen atoms in total. The van der Waals surface area contributed by atoms with Gasteiger partial charge in [0.25, 0.3) is 0 Å². The summed E-state index contributed by atoms with van der Waals surface area (Å²) in [5, 5.41) is 0. The Morgan fingerprint density at radius 1 is 1.17 bits per heavy atom. The molecule has 0 aliphatic carbocycles. The van der Waals surface area contributed by atoms with E-state index >= 15 is 0 Å². The second-order valence-corrected chi connectivity index (χ2v) is 4.87. The van der Waals surface area contributed by atoms with E-state index in [0.717, 1.165) is 16.2 Å². The SMILES string of the molecule is COc1ccc(SCc2ccc(N)c(F)c2)cc1. The van der Waals surface area contributed by atoms with Crippen LogP contribution >= 0.6 is 11.8 Å². The van der Waals surface area contributed by atoms with Gasteiger partial charge in [-0.05, 0) is 42.0 Å².